The van der Waals surface area contributed by atoms with E-state index in [1.807, 2.05) is 0 Å². The second kappa shape index (κ2) is 5.42. The molecule has 0 aliphatic rings. The number of carbonyl (C=O) groups is 1. The van der Waals surface area contributed by atoms with Gasteiger partial charge in [-0.25, -0.2) is 4.79 Å². The largest absolute Gasteiger partial charge is 0.478 e. The van der Waals surface area contributed by atoms with Gasteiger partial charge in [-0.3, -0.25) is 10.1 Å². The van der Waals surface area contributed by atoms with Crippen molar-refractivity contribution in [1.29, 1.82) is 0 Å². The molecule has 0 radical (unpaired) electrons. The number of furan rings is 1. The number of hydrogen-bond acceptors (Lipinski definition) is 4. The summed E-state index contributed by atoms with van der Waals surface area (Å²) in [6, 6.07) is 13.6. The van der Waals surface area contributed by atoms with Crippen LogP contribution in [0.15, 0.2) is 59.5 Å². The van der Waals surface area contributed by atoms with Crippen LogP contribution in [0, 0.1) is 10.1 Å². The first-order valence-electron chi connectivity index (χ1n) is 6.68. The van der Waals surface area contributed by atoms with Gasteiger partial charge < -0.3 is 9.52 Å². The smallest absolute Gasteiger partial charge is 0.442 e. The minimum Gasteiger partial charge on any atom is -0.478 e. The van der Waals surface area contributed by atoms with Crippen molar-refractivity contribution in [2.24, 2.45) is 0 Å². The van der Waals surface area contributed by atoms with Crippen LogP contribution in [0.25, 0.3) is 27.7 Å². The topological polar surface area (TPSA) is 93.6 Å². The monoisotopic (exact) mass is 309 g/mol. The number of nitrogens with zero attached hydrogens (tertiary/aromatic N) is 1. The first-order chi connectivity index (χ1) is 11.0. The summed E-state index contributed by atoms with van der Waals surface area (Å²) in [7, 11) is 0. The van der Waals surface area contributed by atoms with Crippen molar-refractivity contribution in [2.45, 2.75) is 0 Å². The first-order valence-corrected chi connectivity index (χ1v) is 6.68. The van der Waals surface area contributed by atoms with E-state index in [1.54, 1.807) is 42.5 Å². The Balaban J connectivity index is 2.38. The lowest BCUT2D eigenvalue weighted by atomic mass is 10.00. The fraction of sp³-hybridized carbons (Fsp3) is 0. The summed E-state index contributed by atoms with van der Waals surface area (Å²) < 4.78 is 5.39. The third-order valence-corrected chi connectivity index (χ3v) is 3.51. The number of rotatable bonds is 4. The van der Waals surface area contributed by atoms with Gasteiger partial charge in [0, 0.05) is 10.9 Å². The van der Waals surface area contributed by atoms with E-state index in [0.717, 1.165) is 0 Å². The van der Waals surface area contributed by atoms with Crippen molar-refractivity contribution in [3.63, 3.8) is 0 Å². The Morgan fingerprint density at radius 3 is 2.43 bits per heavy atom. The van der Waals surface area contributed by atoms with Crippen LogP contribution in [0.1, 0.15) is 5.56 Å². The van der Waals surface area contributed by atoms with Gasteiger partial charge in [-0.2, -0.15) is 0 Å². The van der Waals surface area contributed by atoms with Crippen molar-refractivity contribution in [3.8, 4) is 11.1 Å². The van der Waals surface area contributed by atoms with Crippen molar-refractivity contribution in [1.82, 2.24) is 0 Å². The number of hydrogen-bond donors (Lipinski definition) is 1. The molecule has 3 rings (SSSR count). The Morgan fingerprint density at radius 1 is 1.13 bits per heavy atom. The van der Waals surface area contributed by atoms with Crippen LogP contribution in [-0.2, 0) is 4.79 Å². The molecule has 114 valence electrons. The Kier molecular flexibility index (Phi) is 3.42. The van der Waals surface area contributed by atoms with Gasteiger partial charge in [-0.05, 0) is 5.56 Å². The SMILES string of the molecule is C=C(C(=O)O)c1cccc2c(-c3ccccc3)c([N+](=O)[O-])oc12. The Morgan fingerprint density at radius 2 is 1.83 bits per heavy atom. The molecule has 6 nitrogen and oxygen atoms in total. The Labute approximate surface area is 130 Å². The molecule has 0 saturated heterocycles. The molecule has 0 amide bonds. The number of benzene rings is 2. The van der Waals surface area contributed by atoms with Crippen molar-refractivity contribution in [2.75, 3.05) is 0 Å². The van der Waals surface area contributed by atoms with E-state index in [0.29, 0.717) is 16.5 Å². The second-order valence-electron chi connectivity index (χ2n) is 4.87. The molecular weight excluding hydrogens is 298 g/mol. The van der Waals surface area contributed by atoms with Crippen LogP contribution in [0.5, 0.6) is 0 Å². The molecule has 0 fully saturated rings. The number of carboxylic acid groups (broad SMARTS) is 1. The summed E-state index contributed by atoms with van der Waals surface area (Å²) in [5.74, 6) is -1.63. The fourth-order valence-electron chi connectivity index (χ4n) is 2.47. The summed E-state index contributed by atoms with van der Waals surface area (Å²) in [5.41, 5.74) is 1.13. The minimum atomic E-state index is -1.21. The highest BCUT2D eigenvalue weighted by Crippen LogP contribution is 2.41. The van der Waals surface area contributed by atoms with Crippen LogP contribution in [0.3, 0.4) is 0 Å². The fourth-order valence-corrected chi connectivity index (χ4v) is 2.47. The van der Waals surface area contributed by atoms with Gasteiger partial charge >= 0.3 is 11.9 Å². The van der Waals surface area contributed by atoms with Gasteiger partial charge in [0.25, 0.3) is 0 Å². The van der Waals surface area contributed by atoms with Crippen LogP contribution in [0.2, 0.25) is 0 Å². The van der Waals surface area contributed by atoms with Crippen LogP contribution < -0.4 is 0 Å². The zero-order chi connectivity index (χ0) is 16.6. The van der Waals surface area contributed by atoms with Gasteiger partial charge in [-0.1, -0.05) is 55.1 Å². The number of aliphatic carboxylic acids is 1. The molecule has 0 bridgehead atoms. The van der Waals surface area contributed by atoms with Crippen LogP contribution in [0.4, 0.5) is 5.88 Å². The molecule has 1 heterocycles. The number of carboxylic acids is 1. The molecule has 1 N–H and O–H groups in total. The lowest BCUT2D eigenvalue weighted by Gasteiger charge is -2.01. The van der Waals surface area contributed by atoms with E-state index in [1.165, 1.54) is 6.07 Å². The first kappa shape index (κ1) is 14.5. The van der Waals surface area contributed by atoms with E-state index < -0.39 is 16.8 Å². The van der Waals surface area contributed by atoms with E-state index >= 15 is 0 Å². The lowest BCUT2D eigenvalue weighted by Crippen LogP contribution is -1.97. The molecule has 6 heteroatoms. The van der Waals surface area contributed by atoms with E-state index in [-0.39, 0.29) is 16.7 Å². The normalized spacial score (nSPS) is 10.6. The maximum atomic E-state index is 11.4. The maximum absolute atomic E-state index is 11.4. The molecule has 2 aromatic carbocycles. The Hall–Kier alpha value is -3.41. The molecule has 1 aromatic heterocycles. The van der Waals surface area contributed by atoms with Crippen LogP contribution >= 0.6 is 0 Å². The third kappa shape index (κ3) is 2.36. The maximum Gasteiger partial charge on any atom is 0.442 e. The van der Waals surface area contributed by atoms with Gasteiger partial charge in [0.15, 0.2) is 0 Å². The predicted octanol–water partition coefficient (Wildman–Crippen LogP) is 4.11. The minimum absolute atomic E-state index is 0.144. The van der Waals surface area contributed by atoms with Crippen molar-refractivity contribution in [3.05, 3.63) is 70.8 Å². The van der Waals surface area contributed by atoms with Crippen molar-refractivity contribution >= 4 is 28.4 Å². The summed E-state index contributed by atoms with van der Waals surface area (Å²) in [5, 5.41) is 20.9. The predicted molar refractivity (Wildman–Crippen MR) is 85.0 cm³/mol. The number of para-hydroxylation sites is 1. The Bertz CT molecular complexity index is 940. The summed E-state index contributed by atoms with van der Waals surface area (Å²) in [4.78, 5) is 21.9. The molecule has 0 atom stereocenters. The summed E-state index contributed by atoms with van der Waals surface area (Å²) >= 11 is 0. The highest BCUT2D eigenvalue weighted by atomic mass is 16.6. The molecule has 23 heavy (non-hydrogen) atoms. The van der Waals surface area contributed by atoms with Gasteiger partial charge in [0.1, 0.15) is 16.1 Å². The standard InChI is InChI=1S/C17H11NO5/c1-10(17(19)20)12-8-5-9-13-14(11-6-3-2-4-7-11)16(18(21)22)23-15(12)13/h2-9H,1H2,(H,19,20). The number of fused-ring (bicyclic) bond motifs is 1. The van der Waals surface area contributed by atoms with E-state index in [2.05, 4.69) is 6.58 Å². The van der Waals surface area contributed by atoms with E-state index in [9.17, 15) is 14.9 Å². The molecule has 0 spiro atoms. The van der Waals surface area contributed by atoms with Crippen molar-refractivity contribution < 1.29 is 19.2 Å². The molecule has 3 aromatic rings. The molecular formula is C17H11NO5. The average Bonchev–Trinajstić information content (AvgIpc) is 2.94. The van der Waals surface area contributed by atoms with Crippen LogP contribution in [-0.4, -0.2) is 16.0 Å². The quantitative estimate of drug-likeness (QED) is 0.445. The average molecular weight is 309 g/mol. The molecule has 0 aliphatic heterocycles. The highest BCUT2D eigenvalue weighted by molar-refractivity contribution is 6.19. The van der Waals surface area contributed by atoms with Gasteiger partial charge in [-0.15, -0.1) is 0 Å². The summed E-state index contributed by atoms with van der Waals surface area (Å²) in [6.07, 6.45) is 0. The molecule has 0 aliphatic carbocycles. The van der Waals surface area contributed by atoms with E-state index in [4.69, 9.17) is 9.52 Å². The third-order valence-electron chi connectivity index (χ3n) is 3.51. The van der Waals surface area contributed by atoms with Gasteiger partial charge in [0.05, 0.1) is 5.57 Å². The number of nitro groups is 1. The van der Waals surface area contributed by atoms with Gasteiger partial charge in [0.2, 0.25) is 0 Å². The second-order valence-corrected chi connectivity index (χ2v) is 4.87. The summed E-state index contributed by atoms with van der Waals surface area (Å²) in [6.45, 7) is 3.50. The molecule has 0 saturated carbocycles. The zero-order valence-corrected chi connectivity index (χ0v) is 11.9. The zero-order valence-electron chi connectivity index (χ0n) is 11.9. The molecule has 0 unspecified atom stereocenters. The lowest BCUT2D eigenvalue weighted by molar-refractivity contribution is -0.400. The highest BCUT2D eigenvalue weighted by Gasteiger charge is 2.27.